The molecule has 4 nitrogen and oxygen atoms in total. The van der Waals surface area contributed by atoms with Crippen LogP contribution in [-0.2, 0) is 4.74 Å². The van der Waals surface area contributed by atoms with Crippen molar-refractivity contribution in [3.05, 3.63) is 0 Å². The zero-order chi connectivity index (χ0) is 9.40. The van der Waals surface area contributed by atoms with Crippen LogP contribution in [0.15, 0.2) is 0 Å². The molecule has 1 unspecified atom stereocenters. The van der Waals surface area contributed by atoms with Gasteiger partial charge in [-0.25, -0.2) is 0 Å². The number of methoxy groups -OCH3 is 1. The Morgan fingerprint density at radius 1 is 1.25 bits per heavy atom. The molecule has 0 aromatic carbocycles. The summed E-state index contributed by atoms with van der Waals surface area (Å²) < 4.78 is 4.97. The van der Waals surface area contributed by atoms with Gasteiger partial charge in [0, 0.05) is 26.2 Å². The molecule has 12 heavy (non-hydrogen) atoms. The molecule has 0 rings (SSSR count). The highest BCUT2D eigenvalue weighted by Gasteiger charge is 2.11. The molecule has 0 heterocycles. The number of nitrogens with zero attached hydrogens (tertiary/aromatic N) is 1. The van der Waals surface area contributed by atoms with Crippen molar-refractivity contribution in [1.29, 1.82) is 0 Å². The zero-order valence-corrected chi connectivity index (χ0v) is 7.86. The fourth-order valence-electron chi connectivity index (χ4n) is 1.16. The SMILES string of the molecule is COCC(C)N(CCO)CCO. The summed E-state index contributed by atoms with van der Waals surface area (Å²) in [5.41, 5.74) is 0. The van der Waals surface area contributed by atoms with Gasteiger partial charge in [0.1, 0.15) is 0 Å². The van der Waals surface area contributed by atoms with E-state index in [9.17, 15) is 0 Å². The number of rotatable bonds is 7. The number of ether oxygens (including phenoxy) is 1. The lowest BCUT2D eigenvalue weighted by Gasteiger charge is -2.26. The van der Waals surface area contributed by atoms with Crippen LogP contribution < -0.4 is 0 Å². The lowest BCUT2D eigenvalue weighted by Crippen LogP contribution is -2.40. The van der Waals surface area contributed by atoms with Crippen LogP contribution >= 0.6 is 0 Å². The zero-order valence-electron chi connectivity index (χ0n) is 7.86. The number of hydrogen-bond donors (Lipinski definition) is 2. The van der Waals surface area contributed by atoms with E-state index >= 15 is 0 Å². The average molecular weight is 177 g/mol. The van der Waals surface area contributed by atoms with Gasteiger partial charge in [0.2, 0.25) is 0 Å². The Morgan fingerprint density at radius 2 is 1.75 bits per heavy atom. The Morgan fingerprint density at radius 3 is 2.08 bits per heavy atom. The lowest BCUT2D eigenvalue weighted by molar-refractivity contribution is 0.0725. The third-order valence-electron chi connectivity index (χ3n) is 1.81. The van der Waals surface area contributed by atoms with Gasteiger partial charge in [-0.15, -0.1) is 0 Å². The molecule has 0 spiro atoms. The van der Waals surface area contributed by atoms with Gasteiger partial charge in [-0.05, 0) is 6.92 Å². The predicted molar refractivity (Wildman–Crippen MR) is 47.1 cm³/mol. The highest BCUT2D eigenvalue weighted by Crippen LogP contribution is 1.97. The molecule has 74 valence electrons. The molecule has 0 amide bonds. The topological polar surface area (TPSA) is 52.9 Å². The van der Waals surface area contributed by atoms with Crippen LogP contribution in [0.25, 0.3) is 0 Å². The first-order valence-electron chi connectivity index (χ1n) is 4.21. The van der Waals surface area contributed by atoms with E-state index < -0.39 is 0 Å². The summed E-state index contributed by atoms with van der Waals surface area (Å²) in [4.78, 5) is 1.99. The van der Waals surface area contributed by atoms with Crippen molar-refractivity contribution in [2.24, 2.45) is 0 Å². The van der Waals surface area contributed by atoms with Crippen molar-refractivity contribution in [1.82, 2.24) is 4.90 Å². The Hall–Kier alpha value is -0.160. The van der Waals surface area contributed by atoms with Crippen LogP contribution in [0.2, 0.25) is 0 Å². The largest absolute Gasteiger partial charge is 0.395 e. The van der Waals surface area contributed by atoms with E-state index in [1.54, 1.807) is 7.11 Å². The lowest BCUT2D eigenvalue weighted by atomic mass is 10.3. The van der Waals surface area contributed by atoms with E-state index in [1.807, 2.05) is 11.8 Å². The molecule has 0 aromatic rings. The van der Waals surface area contributed by atoms with Crippen LogP contribution in [0.1, 0.15) is 6.92 Å². The van der Waals surface area contributed by atoms with Crippen molar-refractivity contribution in [3.63, 3.8) is 0 Å². The summed E-state index contributed by atoms with van der Waals surface area (Å²) in [7, 11) is 1.65. The highest BCUT2D eigenvalue weighted by molar-refractivity contribution is 4.65. The molecule has 0 aliphatic heterocycles. The van der Waals surface area contributed by atoms with E-state index in [2.05, 4.69) is 0 Å². The summed E-state index contributed by atoms with van der Waals surface area (Å²) in [6.45, 7) is 4.05. The normalized spacial score (nSPS) is 13.8. The Balaban J connectivity index is 3.72. The van der Waals surface area contributed by atoms with Crippen LogP contribution in [0.5, 0.6) is 0 Å². The average Bonchev–Trinajstić information content (AvgIpc) is 2.04. The van der Waals surface area contributed by atoms with Gasteiger partial charge in [0.15, 0.2) is 0 Å². The molecule has 0 aliphatic carbocycles. The molecular formula is C8H19NO3. The van der Waals surface area contributed by atoms with Crippen molar-refractivity contribution >= 4 is 0 Å². The van der Waals surface area contributed by atoms with Crippen molar-refractivity contribution in [2.75, 3.05) is 40.0 Å². The Labute approximate surface area is 73.8 Å². The minimum absolute atomic E-state index is 0.119. The van der Waals surface area contributed by atoms with E-state index in [0.29, 0.717) is 19.7 Å². The maximum Gasteiger partial charge on any atom is 0.0615 e. The maximum absolute atomic E-state index is 8.72. The van der Waals surface area contributed by atoms with Crippen LogP contribution in [0, 0.1) is 0 Å². The van der Waals surface area contributed by atoms with Gasteiger partial charge in [0.05, 0.1) is 19.8 Å². The summed E-state index contributed by atoms with van der Waals surface area (Å²) in [6, 6.07) is 0.245. The number of hydrogen-bond acceptors (Lipinski definition) is 4. The van der Waals surface area contributed by atoms with Gasteiger partial charge in [-0.1, -0.05) is 0 Å². The standard InChI is InChI=1S/C8H19NO3/c1-8(7-12-2)9(3-5-10)4-6-11/h8,10-11H,3-7H2,1-2H3. The van der Waals surface area contributed by atoms with Gasteiger partial charge in [-0.2, -0.15) is 0 Å². The van der Waals surface area contributed by atoms with E-state index in [1.165, 1.54) is 0 Å². The minimum atomic E-state index is 0.119. The summed E-state index contributed by atoms with van der Waals surface area (Å²) in [6.07, 6.45) is 0. The number of aliphatic hydroxyl groups is 2. The van der Waals surface area contributed by atoms with Crippen LogP contribution in [0.4, 0.5) is 0 Å². The molecule has 0 aromatic heterocycles. The first-order chi connectivity index (χ1) is 5.76. The summed E-state index contributed by atoms with van der Waals surface area (Å²) in [5.74, 6) is 0. The third-order valence-corrected chi connectivity index (χ3v) is 1.81. The first kappa shape index (κ1) is 11.8. The van der Waals surface area contributed by atoms with E-state index in [-0.39, 0.29) is 19.3 Å². The fraction of sp³-hybridized carbons (Fsp3) is 1.00. The van der Waals surface area contributed by atoms with Gasteiger partial charge in [0.25, 0.3) is 0 Å². The van der Waals surface area contributed by atoms with Gasteiger partial charge < -0.3 is 14.9 Å². The molecule has 0 aliphatic rings. The Bertz CT molecular complexity index is 94.3. The smallest absolute Gasteiger partial charge is 0.0615 e. The quantitative estimate of drug-likeness (QED) is 0.540. The molecule has 2 N–H and O–H groups in total. The third kappa shape index (κ3) is 4.66. The molecule has 1 atom stereocenters. The van der Waals surface area contributed by atoms with E-state index in [4.69, 9.17) is 14.9 Å². The molecule has 0 saturated carbocycles. The predicted octanol–water partition coefficient (Wildman–Crippen LogP) is -0.692. The highest BCUT2D eigenvalue weighted by atomic mass is 16.5. The number of aliphatic hydroxyl groups excluding tert-OH is 2. The Kier molecular flexibility index (Phi) is 7.39. The molecule has 4 heteroatoms. The fourth-order valence-corrected chi connectivity index (χ4v) is 1.16. The monoisotopic (exact) mass is 177 g/mol. The molecule has 0 saturated heterocycles. The molecular weight excluding hydrogens is 158 g/mol. The van der Waals surface area contributed by atoms with Crippen LogP contribution in [0.3, 0.4) is 0 Å². The first-order valence-corrected chi connectivity index (χ1v) is 4.21. The second-order valence-corrected chi connectivity index (χ2v) is 2.79. The van der Waals surface area contributed by atoms with Crippen molar-refractivity contribution in [2.45, 2.75) is 13.0 Å². The minimum Gasteiger partial charge on any atom is -0.395 e. The molecule has 0 fully saturated rings. The van der Waals surface area contributed by atoms with E-state index in [0.717, 1.165) is 0 Å². The van der Waals surface area contributed by atoms with Gasteiger partial charge in [-0.3, -0.25) is 4.90 Å². The van der Waals surface area contributed by atoms with Crippen molar-refractivity contribution in [3.8, 4) is 0 Å². The summed E-state index contributed by atoms with van der Waals surface area (Å²) >= 11 is 0. The molecule has 0 bridgehead atoms. The second-order valence-electron chi connectivity index (χ2n) is 2.79. The van der Waals surface area contributed by atoms with Gasteiger partial charge >= 0.3 is 0 Å². The van der Waals surface area contributed by atoms with Crippen molar-refractivity contribution < 1.29 is 14.9 Å². The molecule has 0 radical (unpaired) electrons. The van der Waals surface area contributed by atoms with Crippen LogP contribution in [-0.4, -0.2) is 61.2 Å². The summed E-state index contributed by atoms with van der Waals surface area (Å²) in [5, 5.41) is 17.4. The second kappa shape index (κ2) is 7.49. The maximum atomic E-state index is 8.72.